The SMILES string of the molecule is CN(Cc1ccc(C(F)(F)F)cc1)[C@H]1CN(C(=O)CCN2CCOCC2)C[C@@H]1c1cccc(Cl)c1. The molecule has 4 rings (SSSR count). The average molecular weight is 510 g/mol. The molecule has 2 aliphatic heterocycles. The summed E-state index contributed by atoms with van der Waals surface area (Å²) in [5.74, 6) is 0.175. The van der Waals surface area contributed by atoms with Crippen molar-refractivity contribution in [3.8, 4) is 0 Å². The van der Waals surface area contributed by atoms with Crippen molar-refractivity contribution >= 4 is 17.5 Å². The first-order valence-electron chi connectivity index (χ1n) is 11.9. The van der Waals surface area contributed by atoms with Crippen molar-refractivity contribution in [1.82, 2.24) is 14.7 Å². The number of halogens is 4. The molecule has 2 heterocycles. The van der Waals surface area contributed by atoms with Gasteiger partial charge in [0.15, 0.2) is 0 Å². The van der Waals surface area contributed by atoms with Crippen LogP contribution in [-0.4, -0.2) is 79.6 Å². The summed E-state index contributed by atoms with van der Waals surface area (Å²) < 4.78 is 44.2. The van der Waals surface area contributed by atoms with E-state index in [9.17, 15) is 18.0 Å². The Labute approximate surface area is 209 Å². The summed E-state index contributed by atoms with van der Waals surface area (Å²) in [6.45, 7) is 5.44. The van der Waals surface area contributed by atoms with Gasteiger partial charge in [0, 0.05) is 62.7 Å². The molecule has 1 amide bonds. The fourth-order valence-corrected chi connectivity index (χ4v) is 5.14. The Kier molecular flexibility index (Phi) is 8.37. The Morgan fingerprint density at radius 2 is 1.83 bits per heavy atom. The maximum atomic E-state index is 13.1. The van der Waals surface area contributed by atoms with Gasteiger partial charge in [0.2, 0.25) is 5.91 Å². The Bertz CT molecular complexity index is 996. The molecule has 2 fully saturated rings. The van der Waals surface area contributed by atoms with Gasteiger partial charge in [-0.15, -0.1) is 0 Å². The average Bonchev–Trinajstić information content (AvgIpc) is 3.29. The number of likely N-dealkylation sites (tertiary alicyclic amines) is 1. The third-order valence-corrected chi connectivity index (χ3v) is 7.18. The van der Waals surface area contributed by atoms with Crippen LogP contribution >= 0.6 is 11.6 Å². The number of likely N-dealkylation sites (N-methyl/N-ethyl adjacent to an activating group) is 1. The second-order valence-corrected chi connectivity index (χ2v) is 9.78. The molecule has 0 N–H and O–H groups in total. The van der Waals surface area contributed by atoms with Gasteiger partial charge in [-0.05, 0) is 42.4 Å². The Balaban J connectivity index is 1.45. The van der Waals surface area contributed by atoms with E-state index >= 15 is 0 Å². The van der Waals surface area contributed by atoms with Crippen LogP contribution in [0.4, 0.5) is 13.2 Å². The molecule has 5 nitrogen and oxygen atoms in total. The van der Waals surface area contributed by atoms with E-state index in [0.29, 0.717) is 50.8 Å². The second-order valence-electron chi connectivity index (χ2n) is 9.34. The van der Waals surface area contributed by atoms with Gasteiger partial charge in [0.25, 0.3) is 0 Å². The molecule has 190 valence electrons. The number of carbonyl (C=O) groups is 1. The van der Waals surface area contributed by atoms with Gasteiger partial charge in [-0.3, -0.25) is 14.6 Å². The number of benzene rings is 2. The monoisotopic (exact) mass is 509 g/mol. The maximum absolute atomic E-state index is 13.1. The largest absolute Gasteiger partial charge is 0.416 e. The summed E-state index contributed by atoms with van der Waals surface area (Å²) in [6, 6.07) is 13.0. The van der Waals surface area contributed by atoms with Crippen molar-refractivity contribution in [3.05, 3.63) is 70.2 Å². The third-order valence-electron chi connectivity index (χ3n) is 6.94. The number of morpholine rings is 1. The van der Waals surface area contributed by atoms with E-state index in [-0.39, 0.29) is 17.9 Å². The summed E-state index contributed by atoms with van der Waals surface area (Å²) in [6.07, 6.45) is -3.90. The standard InChI is InChI=1S/C26H31ClF3N3O2/c1-31(16-19-5-7-21(8-6-19)26(28,29)30)24-18-33(17-23(24)20-3-2-4-22(27)15-20)25(34)9-10-32-11-13-35-14-12-32/h2-8,15,23-24H,9-14,16-18H2,1H3/t23-,24+/m1/s1. The van der Waals surface area contributed by atoms with Crippen molar-refractivity contribution in [2.45, 2.75) is 31.1 Å². The van der Waals surface area contributed by atoms with E-state index in [1.807, 2.05) is 36.2 Å². The molecule has 0 bridgehead atoms. The molecule has 0 aliphatic carbocycles. The maximum Gasteiger partial charge on any atom is 0.416 e. The van der Waals surface area contributed by atoms with Gasteiger partial charge in [-0.25, -0.2) is 0 Å². The highest BCUT2D eigenvalue weighted by Gasteiger charge is 2.38. The summed E-state index contributed by atoms with van der Waals surface area (Å²) in [5, 5.41) is 0.642. The van der Waals surface area contributed by atoms with E-state index in [2.05, 4.69) is 9.80 Å². The Hall–Kier alpha value is -2.13. The highest BCUT2D eigenvalue weighted by molar-refractivity contribution is 6.30. The van der Waals surface area contributed by atoms with E-state index in [0.717, 1.165) is 36.3 Å². The first-order valence-corrected chi connectivity index (χ1v) is 12.3. The molecule has 0 radical (unpaired) electrons. The molecule has 35 heavy (non-hydrogen) atoms. The van der Waals surface area contributed by atoms with Gasteiger partial charge in [-0.1, -0.05) is 35.9 Å². The van der Waals surface area contributed by atoms with Crippen molar-refractivity contribution in [2.24, 2.45) is 0 Å². The van der Waals surface area contributed by atoms with E-state index in [1.165, 1.54) is 12.1 Å². The third kappa shape index (κ3) is 6.76. The van der Waals surface area contributed by atoms with Crippen molar-refractivity contribution in [1.29, 1.82) is 0 Å². The number of alkyl halides is 3. The number of amides is 1. The minimum Gasteiger partial charge on any atom is -0.379 e. The predicted molar refractivity (Wildman–Crippen MR) is 129 cm³/mol. The lowest BCUT2D eigenvalue weighted by Gasteiger charge is -2.29. The minimum atomic E-state index is -4.35. The lowest BCUT2D eigenvalue weighted by molar-refractivity contribution is -0.137. The second kappa shape index (κ2) is 11.3. The van der Waals surface area contributed by atoms with Crippen LogP contribution in [0.5, 0.6) is 0 Å². The highest BCUT2D eigenvalue weighted by atomic mass is 35.5. The fourth-order valence-electron chi connectivity index (χ4n) is 4.94. The lowest BCUT2D eigenvalue weighted by atomic mass is 9.93. The van der Waals surface area contributed by atoms with Gasteiger partial charge < -0.3 is 9.64 Å². The first kappa shape index (κ1) is 25.9. The van der Waals surface area contributed by atoms with E-state index in [4.69, 9.17) is 16.3 Å². The summed E-state index contributed by atoms with van der Waals surface area (Å²) in [4.78, 5) is 19.4. The van der Waals surface area contributed by atoms with Crippen LogP contribution < -0.4 is 0 Å². The Morgan fingerprint density at radius 3 is 2.49 bits per heavy atom. The number of ether oxygens (including phenoxy) is 1. The summed E-state index contributed by atoms with van der Waals surface area (Å²) in [5.41, 5.74) is 1.20. The lowest BCUT2D eigenvalue weighted by Crippen LogP contribution is -2.40. The number of carbonyl (C=O) groups excluding carboxylic acids is 1. The smallest absolute Gasteiger partial charge is 0.379 e. The van der Waals surface area contributed by atoms with E-state index < -0.39 is 11.7 Å². The quantitative estimate of drug-likeness (QED) is 0.550. The van der Waals surface area contributed by atoms with Crippen molar-refractivity contribution in [2.75, 3.05) is 53.0 Å². The van der Waals surface area contributed by atoms with Crippen molar-refractivity contribution in [3.63, 3.8) is 0 Å². The normalized spacial score (nSPS) is 21.6. The highest BCUT2D eigenvalue weighted by Crippen LogP contribution is 2.34. The molecular weight excluding hydrogens is 479 g/mol. The molecule has 0 unspecified atom stereocenters. The fraction of sp³-hybridized carbons (Fsp3) is 0.500. The molecule has 2 saturated heterocycles. The zero-order valence-corrected chi connectivity index (χ0v) is 20.6. The molecule has 2 aromatic rings. The van der Waals surface area contributed by atoms with E-state index in [1.54, 1.807) is 0 Å². The molecule has 0 spiro atoms. The van der Waals surface area contributed by atoms with Crippen LogP contribution in [0.3, 0.4) is 0 Å². The van der Waals surface area contributed by atoms with Crippen LogP contribution in [0.15, 0.2) is 48.5 Å². The topological polar surface area (TPSA) is 36.0 Å². The minimum absolute atomic E-state index is 0.0168. The molecule has 2 aromatic carbocycles. The van der Waals surface area contributed by atoms with Crippen molar-refractivity contribution < 1.29 is 22.7 Å². The van der Waals surface area contributed by atoms with Crippen LogP contribution in [0.2, 0.25) is 5.02 Å². The molecule has 2 atom stereocenters. The first-order chi connectivity index (χ1) is 16.7. The van der Waals surface area contributed by atoms with Gasteiger partial charge >= 0.3 is 6.18 Å². The summed E-state index contributed by atoms with van der Waals surface area (Å²) >= 11 is 6.26. The zero-order chi connectivity index (χ0) is 25.0. The van der Waals surface area contributed by atoms with Crippen LogP contribution in [-0.2, 0) is 22.3 Å². The zero-order valence-electron chi connectivity index (χ0n) is 19.8. The molecule has 0 saturated carbocycles. The van der Waals surface area contributed by atoms with Crippen LogP contribution in [0, 0.1) is 0 Å². The molecule has 0 aromatic heterocycles. The van der Waals surface area contributed by atoms with Crippen LogP contribution in [0.1, 0.15) is 29.0 Å². The van der Waals surface area contributed by atoms with Gasteiger partial charge in [0.1, 0.15) is 0 Å². The summed E-state index contributed by atoms with van der Waals surface area (Å²) in [7, 11) is 1.96. The van der Waals surface area contributed by atoms with Crippen LogP contribution in [0.25, 0.3) is 0 Å². The molecular formula is C26H31ClF3N3O2. The molecule has 2 aliphatic rings. The van der Waals surface area contributed by atoms with Gasteiger partial charge in [-0.2, -0.15) is 13.2 Å². The number of hydrogen-bond donors (Lipinski definition) is 0. The number of hydrogen-bond acceptors (Lipinski definition) is 4. The number of nitrogens with zero attached hydrogens (tertiary/aromatic N) is 3. The molecule has 9 heteroatoms. The predicted octanol–water partition coefficient (Wildman–Crippen LogP) is 4.51. The Morgan fingerprint density at radius 1 is 1.11 bits per heavy atom. The number of rotatable bonds is 7. The van der Waals surface area contributed by atoms with Gasteiger partial charge in [0.05, 0.1) is 18.8 Å².